The van der Waals surface area contributed by atoms with Gasteiger partial charge in [-0.25, -0.2) is 4.39 Å². The Morgan fingerprint density at radius 2 is 2.06 bits per heavy atom. The van der Waals surface area contributed by atoms with E-state index >= 15 is 0 Å². The third kappa shape index (κ3) is 2.60. The fraction of sp³-hybridized carbons (Fsp3) is 0.571. The molecule has 0 bridgehead atoms. The Morgan fingerprint density at radius 3 is 2.76 bits per heavy atom. The van der Waals surface area contributed by atoms with E-state index in [1.165, 1.54) is 6.07 Å². The molecule has 0 aliphatic heterocycles. The van der Waals surface area contributed by atoms with Crippen molar-refractivity contribution in [3.63, 3.8) is 0 Å². The predicted octanol–water partition coefficient (Wildman–Crippen LogP) is 3.14. The smallest absolute Gasteiger partial charge is 0.165 e. The fourth-order valence-electron chi connectivity index (χ4n) is 2.39. The molecule has 1 aromatic carbocycles. The van der Waals surface area contributed by atoms with Gasteiger partial charge in [0, 0.05) is 0 Å². The van der Waals surface area contributed by atoms with Crippen LogP contribution in [0.25, 0.3) is 0 Å². The zero-order valence-corrected chi connectivity index (χ0v) is 10.3. The highest BCUT2D eigenvalue weighted by atomic mass is 19.1. The van der Waals surface area contributed by atoms with Crippen molar-refractivity contribution in [3.05, 3.63) is 30.1 Å². The Labute approximate surface area is 101 Å². The van der Waals surface area contributed by atoms with Gasteiger partial charge in [0.2, 0.25) is 0 Å². The van der Waals surface area contributed by atoms with E-state index in [1.807, 2.05) is 13.8 Å². The molecule has 1 N–H and O–H groups in total. The molecule has 2 atom stereocenters. The van der Waals surface area contributed by atoms with Gasteiger partial charge in [0.1, 0.15) is 6.10 Å². The van der Waals surface area contributed by atoms with E-state index in [1.54, 1.807) is 18.2 Å². The average molecular weight is 238 g/mol. The van der Waals surface area contributed by atoms with Crippen LogP contribution in [0.2, 0.25) is 0 Å². The summed E-state index contributed by atoms with van der Waals surface area (Å²) < 4.78 is 19.1. The number of hydrogen-bond acceptors (Lipinski definition) is 2. The van der Waals surface area contributed by atoms with Gasteiger partial charge < -0.3 is 9.84 Å². The summed E-state index contributed by atoms with van der Waals surface area (Å²) >= 11 is 0. The van der Waals surface area contributed by atoms with Crippen molar-refractivity contribution < 1.29 is 14.2 Å². The van der Waals surface area contributed by atoms with Crippen molar-refractivity contribution in [1.29, 1.82) is 0 Å². The highest BCUT2D eigenvalue weighted by molar-refractivity contribution is 5.24. The first-order valence-electron chi connectivity index (χ1n) is 6.10. The standard InChI is InChI=1S/C14H19FO2/c1-14(2)9-5-8-12(13(14)16)17-11-7-4-3-6-10(11)15/h3-4,6-7,12-13,16H,5,8-9H2,1-2H3. The molecule has 1 aliphatic rings. The van der Waals surface area contributed by atoms with Gasteiger partial charge in [0.25, 0.3) is 0 Å². The Morgan fingerprint density at radius 1 is 1.35 bits per heavy atom. The lowest BCUT2D eigenvalue weighted by Gasteiger charge is -2.40. The minimum Gasteiger partial charge on any atom is -0.485 e. The highest BCUT2D eigenvalue weighted by Gasteiger charge is 2.39. The van der Waals surface area contributed by atoms with E-state index in [-0.39, 0.29) is 23.1 Å². The molecule has 94 valence electrons. The third-order valence-corrected chi connectivity index (χ3v) is 3.58. The van der Waals surface area contributed by atoms with Crippen molar-refractivity contribution in [2.75, 3.05) is 0 Å². The number of aliphatic hydroxyl groups excluding tert-OH is 1. The molecular weight excluding hydrogens is 219 g/mol. The van der Waals surface area contributed by atoms with Crippen LogP contribution in [0.3, 0.4) is 0 Å². The van der Waals surface area contributed by atoms with Crippen molar-refractivity contribution in [2.24, 2.45) is 5.41 Å². The first-order valence-corrected chi connectivity index (χ1v) is 6.10. The van der Waals surface area contributed by atoms with E-state index in [4.69, 9.17) is 4.74 Å². The predicted molar refractivity (Wildman–Crippen MR) is 64.5 cm³/mol. The normalized spacial score (nSPS) is 27.8. The molecule has 2 nitrogen and oxygen atoms in total. The van der Waals surface area contributed by atoms with Gasteiger partial charge in [-0.3, -0.25) is 0 Å². The van der Waals surface area contributed by atoms with E-state index in [0.29, 0.717) is 0 Å². The molecule has 0 spiro atoms. The van der Waals surface area contributed by atoms with Crippen LogP contribution in [-0.4, -0.2) is 17.3 Å². The number of aliphatic hydroxyl groups is 1. The van der Waals surface area contributed by atoms with Gasteiger partial charge in [-0.05, 0) is 36.8 Å². The van der Waals surface area contributed by atoms with Crippen LogP contribution in [0, 0.1) is 11.2 Å². The molecule has 0 amide bonds. The Bertz CT molecular complexity index is 390. The first kappa shape index (κ1) is 12.4. The van der Waals surface area contributed by atoms with Crippen LogP contribution in [0.15, 0.2) is 24.3 Å². The number of rotatable bonds is 2. The Hall–Kier alpha value is -1.09. The van der Waals surface area contributed by atoms with Gasteiger partial charge >= 0.3 is 0 Å². The molecule has 2 rings (SSSR count). The van der Waals surface area contributed by atoms with Gasteiger partial charge in [-0.2, -0.15) is 0 Å². The average Bonchev–Trinajstić information content (AvgIpc) is 2.28. The summed E-state index contributed by atoms with van der Waals surface area (Å²) in [6.07, 6.45) is 1.90. The van der Waals surface area contributed by atoms with Crippen molar-refractivity contribution >= 4 is 0 Å². The quantitative estimate of drug-likeness (QED) is 0.857. The summed E-state index contributed by atoms with van der Waals surface area (Å²) in [5.41, 5.74) is -0.159. The summed E-state index contributed by atoms with van der Waals surface area (Å²) in [7, 11) is 0. The maximum absolute atomic E-state index is 13.5. The monoisotopic (exact) mass is 238 g/mol. The first-order chi connectivity index (χ1) is 8.00. The third-order valence-electron chi connectivity index (χ3n) is 3.58. The van der Waals surface area contributed by atoms with E-state index in [9.17, 15) is 9.50 Å². The Balaban J connectivity index is 2.11. The zero-order valence-electron chi connectivity index (χ0n) is 10.3. The van der Waals surface area contributed by atoms with Crippen molar-refractivity contribution in [1.82, 2.24) is 0 Å². The molecule has 2 unspecified atom stereocenters. The summed E-state index contributed by atoms with van der Waals surface area (Å²) in [6.45, 7) is 4.04. The van der Waals surface area contributed by atoms with Gasteiger partial charge in [-0.15, -0.1) is 0 Å². The van der Waals surface area contributed by atoms with E-state index < -0.39 is 6.10 Å². The van der Waals surface area contributed by atoms with Crippen LogP contribution in [-0.2, 0) is 0 Å². The molecule has 1 fully saturated rings. The van der Waals surface area contributed by atoms with Crippen LogP contribution < -0.4 is 4.74 Å². The molecule has 0 radical (unpaired) electrons. The molecule has 17 heavy (non-hydrogen) atoms. The number of halogens is 1. The van der Waals surface area contributed by atoms with Crippen molar-refractivity contribution in [3.8, 4) is 5.75 Å². The number of benzene rings is 1. The minimum absolute atomic E-state index is 0.159. The molecule has 1 aliphatic carbocycles. The summed E-state index contributed by atoms with van der Waals surface area (Å²) in [5.74, 6) is -0.141. The number of para-hydroxylation sites is 1. The van der Waals surface area contributed by atoms with Gasteiger partial charge in [0.05, 0.1) is 6.10 Å². The molecular formula is C14H19FO2. The largest absolute Gasteiger partial charge is 0.485 e. The zero-order chi connectivity index (χ0) is 12.5. The minimum atomic E-state index is -0.546. The molecule has 3 heteroatoms. The summed E-state index contributed by atoms with van der Waals surface area (Å²) in [4.78, 5) is 0. The molecule has 1 saturated carbocycles. The second-order valence-electron chi connectivity index (χ2n) is 5.41. The number of ether oxygens (including phenoxy) is 1. The van der Waals surface area contributed by atoms with Crippen LogP contribution in [0.5, 0.6) is 5.75 Å². The SMILES string of the molecule is CC1(C)CCCC(Oc2ccccc2F)C1O. The maximum Gasteiger partial charge on any atom is 0.165 e. The van der Waals surface area contributed by atoms with Gasteiger partial charge in [-0.1, -0.05) is 26.0 Å². The topological polar surface area (TPSA) is 29.5 Å². The van der Waals surface area contributed by atoms with Crippen LogP contribution in [0.1, 0.15) is 33.1 Å². The summed E-state index contributed by atoms with van der Waals surface area (Å²) in [6, 6.07) is 6.33. The second-order valence-corrected chi connectivity index (χ2v) is 5.41. The molecule has 1 aromatic rings. The lowest BCUT2D eigenvalue weighted by molar-refractivity contribution is -0.0699. The van der Waals surface area contributed by atoms with E-state index in [0.717, 1.165) is 19.3 Å². The lowest BCUT2D eigenvalue weighted by Crippen LogP contribution is -2.46. The maximum atomic E-state index is 13.5. The molecule has 0 saturated heterocycles. The molecule has 0 aromatic heterocycles. The van der Waals surface area contributed by atoms with Crippen LogP contribution in [0.4, 0.5) is 4.39 Å². The van der Waals surface area contributed by atoms with Crippen molar-refractivity contribution in [2.45, 2.75) is 45.3 Å². The van der Waals surface area contributed by atoms with Gasteiger partial charge in [0.15, 0.2) is 11.6 Å². The van der Waals surface area contributed by atoms with E-state index in [2.05, 4.69) is 0 Å². The highest BCUT2D eigenvalue weighted by Crippen LogP contribution is 2.37. The molecule has 0 heterocycles. The Kier molecular flexibility index (Phi) is 3.38. The fourth-order valence-corrected chi connectivity index (χ4v) is 2.39. The van der Waals surface area contributed by atoms with Crippen LogP contribution >= 0.6 is 0 Å². The second kappa shape index (κ2) is 4.65. The lowest BCUT2D eigenvalue weighted by atomic mass is 9.73. The number of hydrogen-bond donors (Lipinski definition) is 1. The summed E-state index contributed by atoms with van der Waals surface area (Å²) in [5, 5.41) is 10.2.